The van der Waals surface area contributed by atoms with Crippen molar-refractivity contribution < 1.29 is 17.6 Å². The lowest BCUT2D eigenvalue weighted by atomic mass is 10.2. The van der Waals surface area contributed by atoms with E-state index in [9.17, 15) is 13.2 Å². The number of amides is 1. The molecule has 1 aromatic heterocycles. The average molecular weight is 363 g/mol. The van der Waals surface area contributed by atoms with Gasteiger partial charge in [-0.3, -0.25) is 4.79 Å². The Hall–Kier alpha value is -2.16. The molecule has 1 saturated heterocycles. The van der Waals surface area contributed by atoms with Gasteiger partial charge in [0.2, 0.25) is 10.0 Å². The molecule has 1 amide bonds. The van der Waals surface area contributed by atoms with Crippen LogP contribution in [0.5, 0.6) is 0 Å². The van der Waals surface area contributed by atoms with Crippen molar-refractivity contribution in [1.82, 2.24) is 9.21 Å². The molecule has 0 bridgehead atoms. The van der Waals surface area contributed by atoms with Gasteiger partial charge in [-0.1, -0.05) is 0 Å². The summed E-state index contributed by atoms with van der Waals surface area (Å²) in [6.07, 6.45) is 3.80. The quantitative estimate of drug-likeness (QED) is 0.863. The number of benzene rings is 1. The van der Waals surface area contributed by atoms with Crippen LogP contribution in [0.1, 0.15) is 22.3 Å². The highest BCUT2D eigenvalue weighted by molar-refractivity contribution is 7.89. The van der Waals surface area contributed by atoms with Crippen LogP contribution in [0.4, 0.5) is 0 Å². The molecule has 1 fully saturated rings. The molecule has 0 saturated carbocycles. The van der Waals surface area contributed by atoms with Crippen LogP contribution in [-0.4, -0.2) is 49.7 Å². The van der Waals surface area contributed by atoms with Crippen molar-refractivity contribution in [3.63, 3.8) is 0 Å². The number of sulfonamides is 1. The second kappa shape index (κ2) is 6.99. The lowest BCUT2D eigenvalue weighted by Crippen LogP contribution is -2.32. The van der Waals surface area contributed by atoms with E-state index in [2.05, 4.69) is 0 Å². The largest absolute Gasteiger partial charge is 0.472 e. The van der Waals surface area contributed by atoms with Gasteiger partial charge < -0.3 is 15.1 Å². The molecular formula is C17H21N3O4S. The Morgan fingerprint density at radius 3 is 2.60 bits per heavy atom. The van der Waals surface area contributed by atoms with Crippen LogP contribution in [0.15, 0.2) is 52.2 Å². The number of likely N-dealkylation sites (tertiary alicyclic amines) is 1. The summed E-state index contributed by atoms with van der Waals surface area (Å²) in [5, 5.41) is 0. The summed E-state index contributed by atoms with van der Waals surface area (Å²) in [4.78, 5) is 14.2. The molecule has 0 radical (unpaired) electrons. The molecular weight excluding hydrogens is 342 g/mol. The highest BCUT2D eigenvalue weighted by atomic mass is 32.2. The standard InChI is InChI=1S/C17H21N3O4S/c1-19(10-13-7-9-24-12-13)25(22,23)16-4-2-14(3-5-16)17(21)20-8-6-15(18)11-20/h2-5,7,9,12,15H,6,8,10-11,18H2,1H3/t15-/m1/s1. The predicted molar refractivity (Wildman–Crippen MR) is 92.3 cm³/mol. The molecule has 8 heteroatoms. The Morgan fingerprint density at radius 1 is 1.32 bits per heavy atom. The number of hydrogen-bond acceptors (Lipinski definition) is 5. The van der Waals surface area contributed by atoms with Crippen molar-refractivity contribution in [1.29, 1.82) is 0 Å². The van der Waals surface area contributed by atoms with Gasteiger partial charge in [0.1, 0.15) is 0 Å². The molecule has 134 valence electrons. The van der Waals surface area contributed by atoms with Crippen molar-refractivity contribution in [3.8, 4) is 0 Å². The van der Waals surface area contributed by atoms with Crippen LogP contribution in [0.2, 0.25) is 0 Å². The summed E-state index contributed by atoms with van der Waals surface area (Å²) >= 11 is 0. The van der Waals surface area contributed by atoms with Gasteiger partial charge in [-0.15, -0.1) is 0 Å². The van der Waals surface area contributed by atoms with E-state index in [4.69, 9.17) is 10.2 Å². The zero-order valence-corrected chi connectivity index (χ0v) is 14.8. The molecule has 2 heterocycles. The van der Waals surface area contributed by atoms with Crippen molar-refractivity contribution in [2.75, 3.05) is 20.1 Å². The number of carbonyl (C=O) groups excluding carboxylic acids is 1. The molecule has 7 nitrogen and oxygen atoms in total. The topological polar surface area (TPSA) is 96.8 Å². The zero-order chi connectivity index (χ0) is 18.0. The van der Waals surface area contributed by atoms with Crippen molar-refractivity contribution in [3.05, 3.63) is 54.0 Å². The fraction of sp³-hybridized carbons (Fsp3) is 0.353. The van der Waals surface area contributed by atoms with Crippen LogP contribution in [-0.2, 0) is 16.6 Å². The Kier molecular flexibility index (Phi) is 4.94. The summed E-state index contributed by atoms with van der Waals surface area (Å²) in [7, 11) is -2.13. The number of nitrogens with two attached hydrogens (primary N) is 1. The molecule has 1 aliphatic rings. The Balaban J connectivity index is 1.73. The van der Waals surface area contributed by atoms with E-state index >= 15 is 0 Å². The molecule has 1 aromatic carbocycles. The highest BCUT2D eigenvalue weighted by Crippen LogP contribution is 2.19. The molecule has 2 aromatic rings. The molecule has 2 N–H and O–H groups in total. The van der Waals surface area contributed by atoms with E-state index in [1.165, 1.54) is 36.0 Å². The normalized spacial score (nSPS) is 18.0. The third-order valence-corrected chi connectivity index (χ3v) is 6.12. The van der Waals surface area contributed by atoms with Gasteiger partial charge in [0.05, 0.1) is 17.4 Å². The SMILES string of the molecule is CN(Cc1ccoc1)S(=O)(=O)c1ccc(C(=O)N2CC[C@@H](N)C2)cc1. The summed E-state index contributed by atoms with van der Waals surface area (Å²) in [5.41, 5.74) is 7.06. The molecule has 3 rings (SSSR count). The van der Waals surface area contributed by atoms with Gasteiger partial charge in [-0.05, 0) is 36.8 Å². The number of nitrogens with zero attached hydrogens (tertiary/aromatic N) is 2. The Bertz CT molecular complexity index is 831. The Labute approximate surface area is 147 Å². The first-order chi connectivity index (χ1) is 11.9. The van der Waals surface area contributed by atoms with Crippen molar-refractivity contribution in [2.24, 2.45) is 5.73 Å². The minimum Gasteiger partial charge on any atom is -0.472 e. The lowest BCUT2D eigenvalue weighted by molar-refractivity contribution is 0.0791. The van der Waals surface area contributed by atoms with E-state index in [-0.39, 0.29) is 23.4 Å². The van der Waals surface area contributed by atoms with Crippen molar-refractivity contribution in [2.45, 2.75) is 23.9 Å². The van der Waals surface area contributed by atoms with Gasteiger partial charge in [0.15, 0.2) is 0 Å². The number of furan rings is 1. The smallest absolute Gasteiger partial charge is 0.253 e. The van der Waals surface area contributed by atoms with E-state index in [0.29, 0.717) is 18.7 Å². The molecule has 0 aliphatic carbocycles. The van der Waals surface area contributed by atoms with Crippen LogP contribution >= 0.6 is 0 Å². The average Bonchev–Trinajstić information content (AvgIpc) is 3.26. The summed E-state index contributed by atoms with van der Waals surface area (Å²) in [6, 6.07) is 7.75. The first-order valence-electron chi connectivity index (χ1n) is 8.00. The zero-order valence-electron chi connectivity index (χ0n) is 14.0. The van der Waals surface area contributed by atoms with Gasteiger partial charge in [0.25, 0.3) is 5.91 Å². The van der Waals surface area contributed by atoms with Gasteiger partial charge in [-0.2, -0.15) is 4.31 Å². The molecule has 1 aliphatic heterocycles. The minimum atomic E-state index is -3.64. The molecule has 25 heavy (non-hydrogen) atoms. The summed E-state index contributed by atoms with van der Waals surface area (Å²) < 4.78 is 31.4. The van der Waals surface area contributed by atoms with E-state index < -0.39 is 10.0 Å². The van der Waals surface area contributed by atoms with Gasteiger partial charge >= 0.3 is 0 Å². The third-order valence-electron chi connectivity index (χ3n) is 4.31. The highest BCUT2D eigenvalue weighted by Gasteiger charge is 2.26. The number of hydrogen-bond donors (Lipinski definition) is 1. The molecule has 1 atom stereocenters. The second-order valence-corrected chi connectivity index (χ2v) is 8.26. The van der Waals surface area contributed by atoms with Crippen LogP contribution < -0.4 is 5.73 Å². The van der Waals surface area contributed by atoms with E-state index in [0.717, 1.165) is 12.0 Å². The fourth-order valence-corrected chi connectivity index (χ4v) is 3.99. The Morgan fingerprint density at radius 2 is 2.04 bits per heavy atom. The van der Waals surface area contributed by atoms with Crippen molar-refractivity contribution >= 4 is 15.9 Å². The number of rotatable bonds is 5. The first kappa shape index (κ1) is 17.7. The maximum Gasteiger partial charge on any atom is 0.253 e. The fourth-order valence-electron chi connectivity index (χ4n) is 2.83. The monoisotopic (exact) mass is 363 g/mol. The summed E-state index contributed by atoms with van der Waals surface area (Å²) in [5.74, 6) is -0.122. The minimum absolute atomic E-state index is 0.0140. The first-order valence-corrected chi connectivity index (χ1v) is 9.44. The van der Waals surface area contributed by atoms with Crippen LogP contribution in [0.25, 0.3) is 0 Å². The molecule has 0 unspecified atom stereocenters. The second-order valence-electron chi connectivity index (χ2n) is 6.22. The summed E-state index contributed by atoms with van der Waals surface area (Å²) in [6.45, 7) is 1.38. The van der Waals surface area contributed by atoms with Crippen LogP contribution in [0.3, 0.4) is 0 Å². The third kappa shape index (κ3) is 3.76. The van der Waals surface area contributed by atoms with E-state index in [1.807, 2.05) is 0 Å². The lowest BCUT2D eigenvalue weighted by Gasteiger charge is -2.18. The van der Waals surface area contributed by atoms with Crippen LogP contribution in [0, 0.1) is 0 Å². The predicted octanol–water partition coefficient (Wildman–Crippen LogP) is 1.27. The molecule has 0 spiro atoms. The van der Waals surface area contributed by atoms with Gasteiger partial charge in [-0.25, -0.2) is 8.42 Å². The maximum absolute atomic E-state index is 12.6. The maximum atomic E-state index is 12.6. The number of carbonyl (C=O) groups is 1. The van der Waals surface area contributed by atoms with Gasteiger partial charge in [0, 0.05) is 43.9 Å². The van der Waals surface area contributed by atoms with E-state index in [1.54, 1.807) is 23.1 Å².